The Labute approximate surface area is 117 Å². The number of likely N-dealkylation sites (N-methyl/N-ethyl adjacent to an activating group) is 1. The van der Waals surface area contributed by atoms with Crippen LogP contribution in [0.5, 0.6) is 0 Å². The first-order valence-electron chi connectivity index (χ1n) is 6.40. The van der Waals surface area contributed by atoms with Crippen molar-refractivity contribution in [3.8, 4) is 0 Å². The van der Waals surface area contributed by atoms with E-state index in [1.807, 2.05) is 11.9 Å². The van der Waals surface area contributed by atoms with Crippen LogP contribution in [0.25, 0.3) is 0 Å². The van der Waals surface area contributed by atoms with E-state index in [0.29, 0.717) is 13.2 Å². The van der Waals surface area contributed by atoms with Gasteiger partial charge in [0.25, 0.3) is 0 Å². The molecule has 0 aliphatic rings. The molecule has 0 heterocycles. The van der Waals surface area contributed by atoms with Gasteiger partial charge < -0.3 is 10.1 Å². The fourth-order valence-electron chi connectivity index (χ4n) is 1.67. The number of halogens is 2. The van der Waals surface area contributed by atoms with E-state index in [0.717, 1.165) is 18.6 Å². The third-order valence-electron chi connectivity index (χ3n) is 3.09. The van der Waals surface area contributed by atoms with Crippen molar-refractivity contribution in [2.45, 2.75) is 19.4 Å². The first-order chi connectivity index (χ1) is 9.45. The molecule has 0 aromatic heterocycles. The smallest absolute Gasteiger partial charge is 0.241 e. The number of methoxy groups -OCH3 is 1. The molecule has 0 radical (unpaired) electrons. The van der Waals surface area contributed by atoms with E-state index in [1.165, 1.54) is 6.07 Å². The van der Waals surface area contributed by atoms with E-state index >= 15 is 0 Å². The number of carbonyl (C=O) groups is 1. The van der Waals surface area contributed by atoms with Gasteiger partial charge in [0.15, 0.2) is 11.6 Å². The van der Waals surface area contributed by atoms with Crippen molar-refractivity contribution in [2.24, 2.45) is 0 Å². The van der Waals surface area contributed by atoms with Crippen molar-refractivity contribution >= 4 is 11.6 Å². The SMILES string of the molecule is COCCCN(C)C(C)C(=O)Nc1ccc(F)c(F)c1. The maximum atomic E-state index is 13.0. The molecule has 1 atom stereocenters. The Kier molecular flexibility index (Phi) is 6.54. The number of benzene rings is 1. The van der Waals surface area contributed by atoms with Crippen LogP contribution in [0, 0.1) is 11.6 Å². The zero-order chi connectivity index (χ0) is 15.1. The second-order valence-electron chi connectivity index (χ2n) is 4.62. The van der Waals surface area contributed by atoms with E-state index in [-0.39, 0.29) is 17.6 Å². The van der Waals surface area contributed by atoms with Crippen LogP contribution in [0.15, 0.2) is 18.2 Å². The number of nitrogens with zero attached hydrogens (tertiary/aromatic N) is 1. The summed E-state index contributed by atoms with van der Waals surface area (Å²) < 4.78 is 30.8. The largest absolute Gasteiger partial charge is 0.385 e. The maximum absolute atomic E-state index is 13.0. The first-order valence-corrected chi connectivity index (χ1v) is 6.40. The fraction of sp³-hybridized carbons (Fsp3) is 0.500. The molecule has 0 saturated carbocycles. The van der Waals surface area contributed by atoms with E-state index in [2.05, 4.69) is 5.32 Å². The van der Waals surface area contributed by atoms with Crippen LogP contribution in [0.2, 0.25) is 0 Å². The van der Waals surface area contributed by atoms with Gasteiger partial charge in [-0.15, -0.1) is 0 Å². The molecule has 1 rings (SSSR count). The quantitative estimate of drug-likeness (QED) is 0.782. The van der Waals surface area contributed by atoms with Gasteiger partial charge in [-0.05, 0) is 32.5 Å². The number of carbonyl (C=O) groups excluding carboxylic acids is 1. The Bertz CT molecular complexity index is 455. The van der Waals surface area contributed by atoms with Crippen LogP contribution in [-0.2, 0) is 9.53 Å². The molecule has 0 fully saturated rings. The predicted octanol–water partition coefficient (Wildman–Crippen LogP) is 2.26. The summed E-state index contributed by atoms with van der Waals surface area (Å²) in [5, 5.41) is 2.56. The molecular formula is C14H20F2N2O2. The lowest BCUT2D eigenvalue weighted by molar-refractivity contribution is -0.120. The number of ether oxygens (including phenoxy) is 1. The van der Waals surface area contributed by atoms with Gasteiger partial charge in [0.2, 0.25) is 5.91 Å². The Hall–Kier alpha value is -1.53. The zero-order valence-electron chi connectivity index (χ0n) is 12.0. The summed E-state index contributed by atoms with van der Waals surface area (Å²) in [6, 6.07) is 2.90. The van der Waals surface area contributed by atoms with Crippen LogP contribution in [-0.4, -0.2) is 44.2 Å². The van der Waals surface area contributed by atoms with Gasteiger partial charge in [0, 0.05) is 32.0 Å². The summed E-state index contributed by atoms with van der Waals surface area (Å²) in [5.41, 5.74) is 0.242. The summed E-state index contributed by atoms with van der Waals surface area (Å²) in [5.74, 6) is -2.19. The summed E-state index contributed by atoms with van der Waals surface area (Å²) in [7, 11) is 3.45. The van der Waals surface area contributed by atoms with Crippen LogP contribution >= 0.6 is 0 Å². The highest BCUT2D eigenvalue weighted by Crippen LogP contribution is 2.13. The Morgan fingerprint density at radius 1 is 1.40 bits per heavy atom. The Morgan fingerprint density at radius 3 is 2.70 bits per heavy atom. The molecule has 0 spiro atoms. The molecule has 20 heavy (non-hydrogen) atoms. The number of nitrogens with one attached hydrogen (secondary N) is 1. The first kappa shape index (κ1) is 16.5. The minimum atomic E-state index is -0.982. The van der Waals surface area contributed by atoms with Crippen LogP contribution in [0.4, 0.5) is 14.5 Å². The van der Waals surface area contributed by atoms with Crippen LogP contribution in [0.3, 0.4) is 0 Å². The molecule has 0 aliphatic carbocycles. The second-order valence-corrected chi connectivity index (χ2v) is 4.62. The highest BCUT2D eigenvalue weighted by molar-refractivity contribution is 5.94. The van der Waals surface area contributed by atoms with Crippen LogP contribution < -0.4 is 5.32 Å². The van der Waals surface area contributed by atoms with Crippen molar-refractivity contribution in [3.63, 3.8) is 0 Å². The molecule has 1 unspecified atom stereocenters. The second kappa shape index (κ2) is 7.91. The fourth-order valence-corrected chi connectivity index (χ4v) is 1.67. The summed E-state index contributed by atoms with van der Waals surface area (Å²) in [4.78, 5) is 13.9. The molecule has 112 valence electrons. The number of rotatable bonds is 7. The van der Waals surface area contributed by atoms with E-state index in [1.54, 1.807) is 14.0 Å². The molecule has 4 nitrogen and oxygen atoms in total. The van der Waals surface area contributed by atoms with Crippen molar-refractivity contribution < 1.29 is 18.3 Å². The van der Waals surface area contributed by atoms with Gasteiger partial charge in [0.1, 0.15) is 0 Å². The normalized spacial score (nSPS) is 12.5. The monoisotopic (exact) mass is 286 g/mol. The van der Waals surface area contributed by atoms with E-state index < -0.39 is 11.6 Å². The summed E-state index contributed by atoms with van der Waals surface area (Å²) in [6.45, 7) is 3.09. The molecule has 6 heteroatoms. The predicted molar refractivity (Wildman–Crippen MR) is 73.6 cm³/mol. The molecule has 1 N–H and O–H groups in total. The van der Waals surface area contributed by atoms with Crippen molar-refractivity contribution in [1.82, 2.24) is 4.90 Å². The van der Waals surface area contributed by atoms with Gasteiger partial charge in [0.05, 0.1) is 6.04 Å². The molecule has 0 saturated heterocycles. The standard InChI is InChI=1S/C14H20F2N2O2/c1-10(18(2)7-4-8-20-3)14(19)17-11-5-6-12(15)13(16)9-11/h5-6,9-10H,4,7-8H2,1-3H3,(H,17,19). The number of amides is 1. The highest BCUT2D eigenvalue weighted by Gasteiger charge is 2.18. The van der Waals surface area contributed by atoms with Crippen molar-refractivity contribution in [3.05, 3.63) is 29.8 Å². The minimum absolute atomic E-state index is 0.242. The maximum Gasteiger partial charge on any atom is 0.241 e. The lowest BCUT2D eigenvalue weighted by Crippen LogP contribution is -2.40. The highest BCUT2D eigenvalue weighted by atomic mass is 19.2. The molecule has 1 aromatic carbocycles. The third-order valence-corrected chi connectivity index (χ3v) is 3.09. The molecule has 0 aliphatic heterocycles. The summed E-state index contributed by atoms with van der Waals surface area (Å²) >= 11 is 0. The topological polar surface area (TPSA) is 41.6 Å². The number of anilines is 1. The molecule has 0 bridgehead atoms. The molecule has 1 amide bonds. The van der Waals surface area contributed by atoms with E-state index in [4.69, 9.17) is 4.74 Å². The lowest BCUT2D eigenvalue weighted by Gasteiger charge is -2.23. The minimum Gasteiger partial charge on any atom is -0.385 e. The van der Waals surface area contributed by atoms with Crippen molar-refractivity contribution in [2.75, 3.05) is 32.6 Å². The Balaban J connectivity index is 2.54. The van der Waals surface area contributed by atoms with Gasteiger partial charge in [-0.2, -0.15) is 0 Å². The van der Waals surface area contributed by atoms with Crippen LogP contribution in [0.1, 0.15) is 13.3 Å². The Morgan fingerprint density at radius 2 is 2.10 bits per heavy atom. The average Bonchev–Trinajstić information content (AvgIpc) is 2.42. The van der Waals surface area contributed by atoms with Gasteiger partial charge in [-0.25, -0.2) is 8.78 Å². The van der Waals surface area contributed by atoms with Gasteiger partial charge in [-0.3, -0.25) is 9.69 Å². The van der Waals surface area contributed by atoms with Crippen molar-refractivity contribution in [1.29, 1.82) is 0 Å². The van der Waals surface area contributed by atoms with Gasteiger partial charge in [-0.1, -0.05) is 0 Å². The van der Waals surface area contributed by atoms with Gasteiger partial charge >= 0.3 is 0 Å². The molecule has 1 aromatic rings. The zero-order valence-corrected chi connectivity index (χ0v) is 12.0. The summed E-state index contributed by atoms with van der Waals surface area (Å²) in [6.07, 6.45) is 0.815. The molecular weight excluding hydrogens is 266 g/mol. The average molecular weight is 286 g/mol. The lowest BCUT2D eigenvalue weighted by atomic mass is 10.2. The van der Waals surface area contributed by atoms with E-state index in [9.17, 15) is 13.6 Å². The number of hydrogen-bond acceptors (Lipinski definition) is 3. The third kappa shape index (κ3) is 4.86. The number of hydrogen-bond donors (Lipinski definition) is 1.